The molecule has 0 fully saturated rings. The Morgan fingerprint density at radius 2 is 1.86 bits per heavy atom. The molecule has 1 aliphatic heterocycles. The Kier molecular flexibility index (Phi) is 4.05. The number of nitrogens with one attached hydrogen (secondary N) is 1. The van der Waals surface area contributed by atoms with Crippen molar-refractivity contribution in [2.75, 3.05) is 13.1 Å². The number of aliphatic imine (C=N–C) groups is 1. The SMILES string of the molecule is O=C(O)c1ccc(COc2ccc(C3=NCCN3)cc2)cc1. The molecule has 0 saturated carbocycles. The number of aromatic carboxylic acids is 1. The molecule has 0 amide bonds. The minimum Gasteiger partial charge on any atom is -0.489 e. The van der Waals surface area contributed by atoms with Gasteiger partial charge in [-0.3, -0.25) is 4.99 Å². The molecule has 0 spiro atoms. The monoisotopic (exact) mass is 296 g/mol. The zero-order valence-electron chi connectivity index (χ0n) is 12.0. The number of rotatable bonds is 5. The molecule has 1 heterocycles. The number of nitrogens with zero attached hydrogens (tertiary/aromatic N) is 1. The van der Waals surface area contributed by atoms with Crippen molar-refractivity contribution in [3.8, 4) is 5.75 Å². The number of carbonyl (C=O) groups is 1. The Balaban J connectivity index is 1.60. The summed E-state index contributed by atoms with van der Waals surface area (Å²) in [6, 6.07) is 14.4. The topological polar surface area (TPSA) is 70.9 Å². The maximum Gasteiger partial charge on any atom is 0.335 e. The predicted molar refractivity (Wildman–Crippen MR) is 83.6 cm³/mol. The number of amidine groups is 1. The summed E-state index contributed by atoms with van der Waals surface area (Å²) in [5, 5.41) is 12.1. The molecule has 0 aromatic heterocycles. The van der Waals surface area contributed by atoms with E-state index < -0.39 is 5.97 Å². The van der Waals surface area contributed by atoms with Gasteiger partial charge in [0.2, 0.25) is 0 Å². The van der Waals surface area contributed by atoms with Crippen LogP contribution >= 0.6 is 0 Å². The molecular weight excluding hydrogens is 280 g/mol. The maximum absolute atomic E-state index is 10.8. The van der Waals surface area contributed by atoms with Gasteiger partial charge in [0, 0.05) is 12.1 Å². The second-order valence-corrected chi connectivity index (χ2v) is 4.97. The number of carboxylic acid groups (broad SMARTS) is 1. The third kappa shape index (κ3) is 3.25. The Morgan fingerprint density at radius 1 is 1.14 bits per heavy atom. The third-order valence-electron chi connectivity index (χ3n) is 3.41. The van der Waals surface area contributed by atoms with Crippen LogP contribution in [-0.4, -0.2) is 30.0 Å². The Labute approximate surface area is 128 Å². The highest BCUT2D eigenvalue weighted by Crippen LogP contribution is 2.15. The summed E-state index contributed by atoms with van der Waals surface area (Å²) in [4.78, 5) is 15.2. The van der Waals surface area contributed by atoms with Gasteiger partial charge in [0.1, 0.15) is 18.2 Å². The van der Waals surface area contributed by atoms with E-state index in [4.69, 9.17) is 9.84 Å². The van der Waals surface area contributed by atoms with Crippen LogP contribution < -0.4 is 10.1 Å². The maximum atomic E-state index is 10.8. The van der Waals surface area contributed by atoms with Crippen LogP contribution in [0.2, 0.25) is 0 Å². The van der Waals surface area contributed by atoms with Crippen molar-refractivity contribution in [1.29, 1.82) is 0 Å². The van der Waals surface area contributed by atoms with Crippen LogP contribution in [0, 0.1) is 0 Å². The van der Waals surface area contributed by atoms with Crippen molar-refractivity contribution in [1.82, 2.24) is 5.32 Å². The van der Waals surface area contributed by atoms with Gasteiger partial charge in [-0.15, -0.1) is 0 Å². The fraction of sp³-hybridized carbons (Fsp3) is 0.176. The van der Waals surface area contributed by atoms with Crippen LogP contribution in [-0.2, 0) is 6.61 Å². The largest absolute Gasteiger partial charge is 0.489 e. The molecule has 5 heteroatoms. The van der Waals surface area contributed by atoms with Crippen molar-refractivity contribution in [2.45, 2.75) is 6.61 Å². The number of hydrogen-bond acceptors (Lipinski definition) is 4. The Hall–Kier alpha value is -2.82. The number of carboxylic acids is 1. The van der Waals surface area contributed by atoms with Gasteiger partial charge in [-0.2, -0.15) is 0 Å². The molecule has 22 heavy (non-hydrogen) atoms. The lowest BCUT2D eigenvalue weighted by molar-refractivity contribution is 0.0697. The summed E-state index contributed by atoms with van der Waals surface area (Å²) < 4.78 is 5.70. The number of hydrogen-bond donors (Lipinski definition) is 2. The summed E-state index contributed by atoms with van der Waals surface area (Å²) in [5.74, 6) is 0.770. The Morgan fingerprint density at radius 3 is 2.45 bits per heavy atom. The summed E-state index contributed by atoms with van der Waals surface area (Å²) in [6.07, 6.45) is 0. The molecule has 1 aliphatic rings. The molecule has 0 aliphatic carbocycles. The average Bonchev–Trinajstić information content (AvgIpc) is 3.08. The third-order valence-corrected chi connectivity index (χ3v) is 3.41. The van der Waals surface area contributed by atoms with Gasteiger partial charge < -0.3 is 15.2 Å². The second-order valence-electron chi connectivity index (χ2n) is 4.97. The summed E-state index contributed by atoms with van der Waals surface area (Å²) in [6.45, 7) is 2.11. The van der Waals surface area contributed by atoms with Crippen LogP contribution in [0.15, 0.2) is 53.5 Å². The van der Waals surface area contributed by atoms with E-state index in [1.54, 1.807) is 24.3 Å². The molecule has 0 bridgehead atoms. The predicted octanol–water partition coefficient (Wildman–Crippen LogP) is 2.31. The van der Waals surface area contributed by atoms with Gasteiger partial charge in [0.25, 0.3) is 0 Å². The van der Waals surface area contributed by atoms with Crippen LogP contribution in [0.25, 0.3) is 0 Å². The highest BCUT2D eigenvalue weighted by atomic mass is 16.5. The van der Waals surface area contributed by atoms with Crippen LogP contribution in [0.1, 0.15) is 21.5 Å². The molecule has 2 aromatic carbocycles. The number of ether oxygens (including phenoxy) is 1. The van der Waals surface area contributed by atoms with Crippen molar-refractivity contribution in [3.63, 3.8) is 0 Å². The van der Waals surface area contributed by atoms with Gasteiger partial charge >= 0.3 is 5.97 Å². The first-order chi connectivity index (χ1) is 10.7. The molecule has 2 aromatic rings. The van der Waals surface area contributed by atoms with Gasteiger partial charge in [0.05, 0.1) is 12.1 Å². The minimum absolute atomic E-state index is 0.276. The first kappa shape index (κ1) is 14.1. The molecule has 5 nitrogen and oxygen atoms in total. The molecule has 112 valence electrons. The highest BCUT2D eigenvalue weighted by molar-refractivity contribution is 5.99. The van der Waals surface area contributed by atoms with Gasteiger partial charge in [-0.25, -0.2) is 4.79 Å². The van der Waals surface area contributed by atoms with Crippen molar-refractivity contribution < 1.29 is 14.6 Å². The standard InChI is InChI=1S/C17H16N2O3/c20-17(21)14-3-1-12(2-4-14)11-22-15-7-5-13(6-8-15)16-18-9-10-19-16/h1-8H,9-11H2,(H,18,19)(H,20,21). The van der Waals surface area contributed by atoms with Gasteiger partial charge in [0.15, 0.2) is 0 Å². The minimum atomic E-state index is -0.925. The second kappa shape index (κ2) is 6.30. The van der Waals surface area contributed by atoms with Gasteiger partial charge in [-0.05, 0) is 42.0 Å². The molecule has 0 radical (unpaired) electrons. The molecule has 3 rings (SSSR count). The van der Waals surface area contributed by atoms with E-state index in [9.17, 15) is 4.79 Å². The number of benzene rings is 2. The van der Waals surface area contributed by atoms with Crippen molar-refractivity contribution in [2.24, 2.45) is 4.99 Å². The highest BCUT2D eigenvalue weighted by Gasteiger charge is 2.07. The quantitative estimate of drug-likeness (QED) is 0.888. The zero-order chi connectivity index (χ0) is 15.4. The fourth-order valence-corrected chi connectivity index (χ4v) is 2.21. The van der Waals surface area contributed by atoms with Crippen LogP contribution in [0.4, 0.5) is 0 Å². The van der Waals surface area contributed by atoms with E-state index in [1.807, 2.05) is 24.3 Å². The molecule has 2 N–H and O–H groups in total. The first-order valence-electron chi connectivity index (χ1n) is 7.06. The van der Waals surface area contributed by atoms with E-state index in [1.165, 1.54) is 0 Å². The van der Waals surface area contributed by atoms with Gasteiger partial charge in [-0.1, -0.05) is 12.1 Å². The van der Waals surface area contributed by atoms with Crippen LogP contribution in [0.5, 0.6) is 5.75 Å². The molecule has 0 atom stereocenters. The van der Waals surface area contributed by atoms with Crippen molar-refractivity contribution >= 4 is 11.8 Å². The van der Waals surface area contributed by atoms with E-state index in [-0.39, 0.29) is 5.56 Å². The van der Waals surface area contributed by atoms with E-state index in [0.717, 1.165) is 35.8 Å². The van der Waals surface area contributed by atoms with E-state index >= 15 is 0 Å². The summed E-state index contributed by atoms with van der Waals surface area (Å²) >= 11 is 0. The molecule has 0 saturated heterocycles. The average molecular weight is 296 g/mol. The van der Waals surface area contributed by atoms with Crippen LogP contribution in [0.3, 0.4) is 0 Å². The fourth-order valence-electron chi connectivity index (χ4n) is 2.21. The smallest absolute Gasteiger partial charge is 0.335 e. The van der Waals surface area contributed by atoms with E-state index in [2.05, 4.69) is 10.3 Å². The normalized spacial score (nSPS) is 13.4. The Bertz CT molecular complexity index is 691. The summed E-state index contributed by atoms with van der Waals surface area (Å²) in [5.41, 5.74) is 2.25. The molecule has 0 unspecified atom stereocenters. The lowest BCUT2D eigenvalue weighted by Gasteiger charge is -2.08. The molecular formula is C17H16N2O3. The zero-order valence-corrected chi connectivity index (χ0v) is 12.0. The lowest BCUT2D eigenvalue weighted by Crippen LogP contribution is -2.19. The van der Waals surface area contributed by atoms with Crippen molar-refractivity contribution in [3.05, 3.63) is 65.2 Å². The first-order valence-corrected chi connectivity index (χ1v) is 7.06. The lowest BCUT2D eigenvalue weighted by atomic mass is 10.1. The summed E-state index contributed by atoms with van der Waals surface area (Å²) in [7, 11) is 0. The van der Waals surface area contributed by atoms with E-state index in [0.29, 0.717) is 6.61 Å².